The predicted octanol–water partition coefficient (Wildman–Crippen LogP) is -1.81. The van der Waals surface area contributed by atoms with Gasteiger partial charge in [-0.1, -0.05) is 0 Å². The molecule has 8 nitrogen and oxygen atoms in total. The van der Waals surface area contributed by atoms with E-state index in [9.17, 15) is 5.02 Å². The summed E-state index contributed by atoms with van der Waals surface area (Å²) < 4.78 is 41.0. The Balaban J connectivity index is 1.13. The van der Waals surface area contributed by atoms with Gasteiger partial charge in [0.25, 0.3) is 0 Å². The molecule has 24 heavy (non-hydrogen) atoms. The number of fused-ring (bicyclic) bond motifs is 6. The molecule has 0 aromatic carbocycles. The van der Waals surface area contributed by atoms with Crippen molar-refractivity contribution in [2.45, 2.75) is 54.9 Å². The molecule has 8 aliphatic heterocycles. The van der Waals surface area contributed by atoms with Crippen LogP contribution in [0.1, 0.15) is 6.42 Å². The van der Waals surface area contributed by atoms with Gasteiger partial charge in [0.2, 0.25) is 0 Å². The molecular formula is C14H18B2O8. The van der Waals surface area contributed by atoms with Gasteiger partial charge in [-0.25, -0.2) is 0 Å². The summed E-state index contributed by atoms with van der Waals surface area (Å²) in [5.41, 5.74) is 0. The number of hydrogen-bond donors (Lipinski definition) is 1. The minimum atomic E-state index is -0.723. The second kappa shape index (κ2) is 4.37. The third-order valence-corrected chi connectivity index (χ3v) is 6.98. The molecule has 0 aromatic heterocycles. The highest BCUT2D eigenvalue weighted by Gasteiger charge is 2.74. The first kappa shape index (κ1) is 13.9. The van der Waals surface area contributed by atoms with Gasteiger partial charge in [-0.15, -0.1) is 0 Å². The average Bonchev–Trinajstić information content (AvgIpc) is 3.13. The quantitative estimate of drug-likeness (QED) is 0.591. The Morgan fingerprint density at radius 1 is 1.12 bits per heavy atom. The summed E-state index contributed by atoms with van der Waals surface area (Å²) in [4.78, 5) is 0. The highest BCUT2D eigenvalue weighted by atomic mass is 16.8. The monoisotopic (exact) mass is 336 g/mol. The molecule has 10 heteroatoms. The molecule has 128 valence electrons. The molecule has 0 saturated carbocycles. The van der Waals surface area contributed by atoms with Crippen molar-refractivity contribution >= 4 is 13.6 Å². The first-order valence-electron chi connectivity index (χ1n) is 8.93. The van der Waals surface area contributed by atoms with Crippen molar-refractivity contribution in [1.29, 1.82) is 0 Å². The van der Waals surface area contributed by atoms with Crippen molar-refractivity contribution in [3.8, 4) is 0 Å². The van der Waals surface area contributed by atoms with Gasteiger partial charge in [0, 0.05) is 11.8 Å². The summed E-state index contributed by atoms with van der Waals surface area (Å²) in [5, 5.41) is 10.9. The summed E-state index contributed by atoms with van der Waals surface area (Å²) in [5.74, 6) is -0.226. The Labute approximate surface area is 139 Å². The maximum absolute atomic E-state index is 10.9. The molecule has 8 heterocycles. The van der Waals surface area contributed by atoms with Crippen molar-refractivity contribution < 1.29 is 38.1 Å². The van der Waals surface area contributed by atoms with Crippen LogP contribution in [0.15, 0.2) is 0 Å². The van der Waals surface area contributed by atoms with Gasteiger partial charge in [-0.3, -0.25) is 0 Å². The molecule has 0 aliphatic carbocycles. The zero-order chi connectivity index (χ0) is 15.6. The van der Waals surface area contributed by atoms with Gasteiger partial charge in [-0.2, -0.15) is 0 Å². The van der Waals surface area contributed by atoms with Crippen LogP contribution >= 0.6 is 0 Å². The number of hydrogen-bond acceptors (Lipinski definition) is 8. The molecule has 1 spiro atoms. The van der Waals surface area contributed by atoms with Crippen LogP contribution in [0.4, 0.5) is 0 Å². The Morgan fingerprint density at radius 3 is 2.92 bits per heavy atom. The van der Waals surface area contributed by atoms with Gasteiger partial charge in [0.15, 0.2) is 12.1 Å². The summed E-state index contributed by atoms with van der Waals surface area (Å²) in [6.07, 6.45) is 0.562. The highest BCUT2D eigenvalue weighted by Crippen LogP contribution is 2.54. The standard InChI is InChI=1S/C14H18B2O8/c17-15(11-6-1-5-2-20-14(6,23-11)4-19-5)16-12-8-9(24-16)7-3-18-13(21-7)10(8)22-12/h5-13,17H,1-4H2/t5-,6+,7+,8-,9+,10+,11?,12?,13+,14-/m0/s1. The molecule has 0 radical (unpaired) electrons. The molecular weight excluding hydrogens is 318 g/mol. The summed E-state index contributed by atoms with van der Waals surface area (Å²) in [6, 6.07) is -0.373. The molecule has 8 rings (SSSR count). The van der Waals surface area contributed by atoms with E-state index in [0.29, 0.717) is 19.8 Å². The van der Waals surface area contributed by atoms with Crippen LogP contribution < -0.4 is 0 Å². The fourth-order valence-corrected chi connectivity index (χ4v) is 5.77. The van der Waals surface area contributed by atoms with Crippen LogP contribution in [0.3, 0.4) is 0 Å². The minimum Gasteiger partial charge on any atom is -0.452 e. The van der Waals surface area contributed by atoms with Gasteiger partial charge < -0.3 is 38.1 Å². The molecule has 2 unspecified atom stereocenters. The smallest absolute Gasteiger partial charge is 0.324 e. The molecule has 0 amide bonds. The second-order valence-corrected chi connectivity index (χ2v) is 8.06. The SMILES string of the molecule is OB(B1O[C@H]2[C@@H]3C1O[C@H]3[C@@H]1OC[C@H]2O1)C1O[C@]23CO[C@H](CO2)C[C@H]13. The summed E-state index contributed by atoms with van der Waals surface area (Å²) in [7, 11) is 0. The third kappa shape index (κ3) is 1.48. The van der Waals surface area contributed by atoms with Crippen molar-refractivity contribution in [3.05, 3.63) is 0 Å². The lowest BCUT2D eigenvalue weighted by molar-refractivity contribution is -0.440. The zero-order valence-electron chi connectivity index (χ0n) is 13.0. The van der Waals surface area contributed by atoms with E-state index in [1.165, 1.54) is 0 Å². The fraction of sp³-hybridized carbons (Fsp3) is 1.00. The second-order valence-electron chi connectivity index (χ2n) is 8.06. The van der Waals surface area contributed by atoms with Crippen LogP contribution in [0.25, 0.3) is 0 Å². The van der Waals surface area contributed by atoms with E-state index in [4.69, 9.17) is 33.1 Å². The van der Waals surface area contributed by atoms with Crippen LogP contribution in [0.5, 0.6) is 0 Å². The average molecular weight is 336 g/mol. The van der Waals surface area contributed by atoms with Crippen molar-refractivity contribution in [3.63, 3.8) is 0 Å². The van der Waals surface area contributed by atoms with Crippen molar-refractivity contribution in [2.75, 3.05) is 19.8 Å². The van der Waals surface area contributed by atoms with Gasteiger partial charge in [0.1, 0.15) is 18.8 Å². The fourth-order valence-electron chi connectivity index (χ4n) is 5.77. The van der Waals surface area contributed by atoms with Gasteiger partial charge >= 0.3 is 13.6 Å². The van der Waals surface area contributed by atoms with E-state index in [1.807, 2.05) is 0 Å². The first-order chi connectivity index (χ1) is 11.7. The first-order valence-corrected chi connectivity index (χ1v) is 8.93. The summed E-state index contributed by atoms with van der Waals surface area (Å²) >= 11 is 0. The lowest BCUT2D eigenvalue weighted by atomic mass is 9.19. The molecule has 8 saturated heterocycles. The van der Waals surface area contributed by atoms with E-state index in [2.05, 4.69) is 0 Å². The zero-order valence-corrected chi connectivity index (χ0v) is 13.0. The lowest BCUT2D eigenvalue weighted by Gasteiger charge is -2.62. The number of ether oxygens (including phenoxy) is 6. The predicted molar refractivity (Wildman–Crippen MR) is 76.8 cm³/mol. The van der Waals surface area contributed by atoms with Gasteiger partial charge in [0.05, 0.1) is 37.4 Å². The minimum absolute atomic E-state index is 0.0454. The van der Waals surface area contributed by atoms with Crippen LogP contribution in [0, 0.1) is 11.8 Å². The Morgan fingerprint density at radius 2 is 2.08 bits per heavy atom. The molecule has 8 aliphatic rings. The molecule has 10 atom stereocenters. The Kier molecular flexibility index (Phi) is 2.54. The van der Waals surface area contributed by atoms with Crippen molar-refractivity contribution in [2.24, 2.45) is 11.8 Å². The molecule has 0 aromatic rings. The normalized spacial score (nSPS) is 61.9. The van der Waals surface area contributed by atoms with E-state index in [0.717, 1.165) is 6.42 Å². The van der Waals surface area contributed by atoms with Crippen molar-refractivity contribution in [1.82, 2.24) is 0 Å². The van der Waals surface area contributed by atoms with E-state index >= 15 is 0 Å². The van der Waals surface area contributed by atoms with Crippen LogP contribution in [-0.2, 0) is 33.1 Å². The van der Waals surface area contributed by atoms with E-state index < -0.39 is 12.6 Å². The third-order valence-electron chi connectivity index (χ3n) is 6.98. The molecule has 1 N–H and O–H groups in total. The maximum atomic E-state index is 10.9. The van der Waals surface area contributed by atoms with Gasteiger partial charge in [-0.05, 0) is 6.42 Å². The van der Waals surface area contributed by atoms with E-state index in [-0.39, 0.29) is 61.4 Å². The van der Waals surface area contributed by atoms with Crippen LogP contribution in [0.2, 0.25) is 0 Å². The largest absolute Gasteiger partial charge is 0.452 e. The number of rotatable bonds is 2. The lowest BCUT2D eigenvalue weighted by Crippen LogP contribution is -2.77. The summed E-state index contributed by atoms with van der Waals surface area (Å²) in [6.45, 7) is 0.485. The molecule has 4 bridgehead atoms. The van der Waals surface area contributed by atoms with Crippen LogP contribution in [-0.4, -0.2) is 87.0 Å². The highest BCUT2D eigenvalue weighted by molar-refractivity contribution is 7.17. The Hall–Kier alpha value is -0.190. The topological polar surface area (TPSA) is 84.8 Å². The van der Waals surface area contributed by atoms with E-state index in [1.54, 1.807) is 0 Å². The maximum Gasteiger partial charge on any atom is 0.324 e. The molecule has 8 fully saturated rings. The Bertz CT molecular complexity index is 585.